The van der Waals surface area contributed by atoms with Gasteiger partial charge in [0.25, 0.3) is 0 Å². The third kappa shape index (κ3) is 5.63. The van der Waals surface area contributed by atoms with E-state index in [1.54, 1.807) is 12.1 Å². The zero-order valence-corrected chi connectivity index (χ0v) is 17.1. The lowest BCUT2D eigenvalue weighted by molar-refractivity contribution is -0.117. The molecule has 0 radical (unpaired) electrons. The van der Waals surface area contributed by atoms with Gasteiger partial charge in [0, 0.05) is 28.2 Å². The van der Waals surface area contributed by atoms with E-state index in [-0.39, 0.29) is 23.6 Å². The van der Waals surface area contributed by atoms with E-state index in [2.05, 4.69) is 31.3 Å². The molecule has 1 heterocycles. The lowest BCUT2D eigenvalue weighted by Crippen LogP contribution is -2.25. The lowest BCUT2D eigenvalue weighted by Gasteiger charge is -2.20. The standard InChI is InChI=1S/C21H19BrF2N2O3/c1-12(13-2-6-17-14(10-13)3-8-20(28)26-17)25-19(27)9-4-15-11-16(22)5-7-18(15)29-21(23)24/h2,4-7,9-12,21H,3,8H2,1H3,(H,25,27)(H,26,28)/b9-4+. The maximum Gasteiger partial charge on any atom is 0.387 e. The highest BCUT2D eigenvalue weighted by atomic mass is 79.9. The summed E-state index contributed by atoms with van der Waals surface area (Å²) in [6.07, 6.45) is 3.79. The number of anilines is 1. The number of aryl methyl sites for hydroxylation is 1. The molecule has 2 N–H and O–H groups in total. The zero-order chi connectivity index (χ0) is 21.0. The molecule has 29 heavy (non-hydrogen) atoms. The molecule has 3 rings (SSSR count). The third-order valence-electron chi connectivity index (χ3n) is 4.49. The summed E-state index contributed by atoms with van der Waals surface area (Å²) >= 11 is 3.27. The van der Waals surface area contributed by atoms with E-state index < -0.39 is 6.61 Å². The van der Waals surface area contributed by atoms with Crippen molar-refractivity contribution in [3.63, 3.8) is 0 Å². The van der Waals surface area contributed by atoms with Gasteiger partial charge >= 0.3 is 6.61 Å². The maximum atomic E-state index is 12.5. The van der Waals surface area contributed by atoms with Gasteiger partial charge < -0.3 is 15.4 Å². The van der Waals surface area contributed by atoms with Crippen molar-refractivity contribution in [3.8, 4) is 5.75 Å². The van der Waals surface area contributed by atoms with Crippen molar-refractivity contribution in [2.24, 2.45) is 0 Å². The van der Waals surface area contributed by atoms with Gasteiger partial charge in [-0.15, -0.1) is 0 Å². The summed E-state index contributed by atoms with van der Waals surface area (Å²) in [6.45, 7) is -1.11. The number of hydrogen-bond acceptors (Lipinski definition) is 3. The Hall–Kier alpha value is -2.74. The number of carbonyl (C=O) groups is 2. The molecule has 1 aliphatic heterocycles. The molecule has 2 aromatic rings. The first-order valence-corrected chi connectivity index (χ1v) is 9.77. The summed E-state index contributed by atoms with van der Waals surface area (Å²) < 4.78 is 30.2. The van der Waals surface area contributed by atoms with Crippen LogP contribution in [0.4, 0.5) is 14.5 Å². The van der Waals surface area contributed by atoms with E-state index in [4.69, 9.17) is 0 Å². The van der Waals surface area contributed by atoms with Crippen LogP contribution >= 0.6 is 15.9 Å². The monoisotopic (exact) mass is 464 g/mol. The number of amides is 2. The highest BCUT2D eigenvalue weighted by molar-refractivity contribution is 9.10. The number of halogens is 3. The molecule has 1 atom stereocenters. The molecule has 0 spiro atoms. The van der Waals surface area contributed by atoms with Crippen LogP contribution in [-0.2, 0) is 16.0 Å². The van der Waals surface area contributed by atoms with Gasteiger partial charge in [-0.2, -0.15) is 8.78 Å². The normalized spacial score (nSPS) is 14.4. The Labute approximate surface area is 175 Å². The van der Waals surface area contributed by atoms with Crippen LogP contribution in [0.1, 0.15) is 36.1 Å². The van der Waals surface area contributed by atoms with Crippen LogP contribution in [0.25, 0.3) is 6.08 Å². The molecule has 1 unspecified atom stereocenters. The first-order valence-electron chi connectivity index (χ1n) is 8.97. The third-order valence-corrected chi connectivity index (χ3v) is 4.98. The van der Waals surface area contributed by atoms with Gasteiger partial charge in [0.2, 0.25) is 11.8 Å². The molecular formula is C21H19BrF2N2O3. The molecule has 0 fully saturated rings. The number of nitrogens with one attached hydrogen (secondary N) is 2. The fourth-order valence-corrected chi connectivity index (χ4v) is 3.41. The fourth-order valence-electron chi connectivity index (χ4n) is 3.04. The number of rotatable bonds is 6. The Morgan fingerprint density at radius 2 is 2.03 bits per heavy atom. The highest BCUT2D eigenvalue weighted by Gasteiger charge is 2.17. The largest absolute Gasteiger partial charge is 0.434 e. The van der Waals surface area contributed by atoms with Crippen molar-refractivity contribution in [2.45, 2.75) is 32.4 Å². The average Bonchev–Trinajstić information content (AvgIpc) is 2.67. The Bertz CT molecular complexity index is 963. The topological polar surface area (TPSA) is 67.4 Å². The van der Waals surface area contributed by atoms with Crippen LogP contribution in [0.2, 0.25) is 0 Å². The van der Waals surface area contributed by atoms with Crippen LogP contribution in [0.3, 0.4) is 0 Å². The molecule has 8 heteroatoms. The molecule has 2 aromatic carbocycles. The Kier molecular flexibility index (Phi) is 6.64. The average molecular weight is 465 g/mol. The van der Waals surface area contributed by atoms with Crippen LogP contribution < -0.4 is 15.4 Å². The number of alkyl halides is 2. The van der Waals surface area contributed by atoms with Crippen molar-refractivity contribution in [1.29, 1.82) is 0 Å². The predicted molar refractivity (Wildman–Crippen MR) is 110 cm³/mol. The summed E-state index contributed by atoms with van der Waals surface area (Å²) in [5, 5.41) is 5.67. The second-order valence-electron chi connectivity index (χ2n) is 6.59. The zero-order valence-electron chi connectivity index (χ0n) is 15.5. The predicted octanol–water partition coefficient (Wildman–Crippen LogP) is 4.83. The van der Waals surface area contributed by atoms with Crippen molar-refractivity contribution in [2.75, 3.05) is 5.32 Å². The molecule has 1 aliphatic rings. The molecule has 0 saturated carbocycles. The van der Waals surface area contributed by atoms with Crippen molar-refractivity contribution in [3.05, 3.63) is 63.6 Å². The summed E-state index contributed by atoms with van der Waals surface area (Å²) in [4.78, 5) is 23.7. The van der Waals surface area contributed by atoms with Gasteiger partial charge in [-0.3, -0.25) is 9.59 Å². The van der Waals surface area contributed by atoms with Gasteiger partial charge in [0.1, 0.15) is 5.75 Å². The minimum atomic E-state index is -2.95. The van der Waals surface area contributed by atoms with E-state index in [9.17, 15) is 18.4 Å². The quantitative estimate of drug-likeness (QED) is 0.601. The van der Waals surface area contributed by atoms with Crippen LogP contribution in [0, 0.1) is 0 Å². The highest BCUT2D eigenvalue weighted by Crippen LogP contribution is 2.27. The molecule has 152 valence electrons. The summed E-state index contributed by atoms with van der Waals surface area (Å²) in [5.41, 5.74) is 3.09. The maximum absolute atomic E-state index is 12.5. The smallest absolute Gasteiger partial charge is 0.387 e. The van der Waals surface area contributed by atoms with Gasteiger partial charge in [-0.05, 0) is 54.8 Å². The van der Waals surface area contributed by atoms with E-state index in [1.807, 2.05) is 25.1 Å². The molecule has 0 bridgehead atoms. The number of benzene rings is 2. The van der Waals surface area contributed by atoms with Gasteiger partial charge in [0.15, 0.2) is 0 Å². The molecule has 0 aromatic heterocycles. The van der Waals surface area contributed by atoms with Gasteiger partial charge in [-0.1, -0.05) is 28.1 Å². The number of ether oxygens (including phenoxy) is 1. The minimum Gasteiger partial charge on any atom is -0.434 e. The van der Waals surface area contributed by atoms with Gasteiger partial charge in [-0.25, -0.2) is 0 Å². The molecule has 5 nitrogen and oxygen atoms in total. The summed E-state index contributed by atoms with van der Waals surface area (Å²) in [6, 6.07) is 9.94. The first-order chi connectivity index (χ1) is 13.8. The van der Waals surface area contributed by atoms with Gasteiger partial charge in [0.05, 0.1) is 6.04 Å². The molecular weight excluding hydrogens is 446 g/mol. The first kappa shape index (κ1) is 21.0. The van der Waals surface area contributed by atoms with E-state index in [0.29, 0.717) is 22.9 Å². The van der Waals surface area contributed by atoms with Crippen LogP contribution in [0.5, 0.6) is 5.75 Å². The fraction of sp³-hybridized carbons (Fsp3) is 0.238. The van der Waals surface area contributed by atoms with Crippen LogP contribution in [-0.4, -0.2) is 18.4 Å². The van der Waals surface area contributed by atoms with E-state index in [0.717, 1.165) is 16.8 Å². The second-order valence-corrected chi connectivity index (χ2v) is 7.50. The SMILES string of the molecule is CC(NC(=O)/C=C/c1cc(Br)ccc1OC(F)F)c1ccc2c(c1)CCC(=O)N2. The second kappa shape index (κ2) is 9.17. The Morgan fingerprint density at radius 1 is 1.24 bits per heavy atom. The van der Waals surface area contributed by atoms with Crippen LogP contribution in [0.15, 0.2) is 46.9 Å². The van der Waals surface area contributed by atoms with E-state index >= 15 is 0 Å². The number of hydrogen-bond donors (Lipinski definition) is 2. The molecule has 0 aliphatic carbocycles. The summed E-state index contributed by atoms with van der Waals surface area (Å²) in [7, 11) is 0. The molecule has 0 saturated heterocycles. The number of fused-ring (bicyclic) bond motifs is 1. The molecule has 2 amide bonds. The Balaban J connectivity index is 1.68. The minimum absolute atomic E-state index is 0.000484. The lowest BCUT2D eigenvalue weighted by atomic mass is 9.98. The number of carbonyl (C=O) groups excluding carboxylic acids is 2. The van der Waals surface area contributed by atoms with Crippen molar-refractivity contribution < 1.29 is 23.1 Å². The van der Waals surface area contributed by atoms with Crippen molar-refractivity contribution in [1.82, 2.24) is 5.32 Å². The van der Waals surface area contributed by atoms with Crippen molar-refractivity contribution >= 4 is 39.5 Å². The Morgan fingerprint density at radius 3 is 2.79 bits per heavy atom. The summed E-state index contributed by atoms with van der Waals surface area (Å²) in [5.74, 6) is -0.386. The van der Waals surface area contributed by atoms with E-state index in [1.165, 1.54) is 18.2 Å².